The number of carboxylic acid groups (broad SMARTS) is 1. The van der Waals surface area contributed by atoms with Crippen LogP contribution in [0.4, 0.5) is 0 Å². The maximum Gasteiger partial charge on any atom is 0.307 e. The summed E-state index contributed by atoms with van der Waals surface area (Å²) < 4.78 is 1.79. The molecule has 0 fully saturated rings. The molecule has 0 aliphatic heterocycles. The average Bonchev–Trinajstić information content (AvgIpc) is 2.84. The molecular weight excluding hydrogens is 266 g/mol. The van der Waals surface area contributed by atoms with Gasteiger partial charge in [0, 0.05) is 11.3 Å². The Morgan fingerprint density at radius 2 is 1.95 bits per heavy atom. The van der Waals surface area contributed by atoms with Crippen molar-refractivity contribution >= 4 is 5.97 Å². The lowest BCUT2D eigenvalue weighted by atomic mass is 10.1. The molecule has 0 unspecified atom stereocenters. The summed E-state index contributed by atoms with van der Waals surface area (Å²) >= 11 is 0. The van der Waals surface area contributed by atoms with Gasteiger partial charge in [-0.1, -0.05) is 13.8 Å². The van der Waals surface area contributed by atoms with Gasteiger partial charge in [0.1, 0.15) is 0 Å². The topological polar surface area (TPSA) is 78.9 Å². The summed E-state index contributed by atoms with van der Waals surface area (Å²) in [6.07, 6.45) is 1.39. The Bertz CT molecular complexity index is 694. The highest BCUT2D eigenvalue weighted by Gasteiger charge is 2.18. The number of carbonyl (C=O) groups is 1. The fourth-order valence-corrected chi connectivity index (χ4v) is 2.43. The Kier molecular flexibility index (Phi) is 4.39. The lowest BCUT2D eigenvalue weighted by Crippen LogP contribution is -2.06. The van der Waals surface area contributed by atoms with E-state index in [1.54, 1.807) is 16.8 Å². The van der Waals surface area contributed by atoms with Crippen molar-refractivity contribution in [1.29, 1.82) is 5.26 Å². The van der Waals surface area contributed by atoms with Crippen LogP contribution in [-0.4, -0.2) is 20.9 Å². The zero-order valence-corrected chi connectivity index (χ0v) is 12.1. The normalized spacial score (nSPS) is 10.3. The van der Waals surface area contributed by atoms with E-state index in [0.29, 0.717) is 18.4 Å². The third-order valence-electron chi connectivity index (χ3n) is 3.41. The first-order chi connectivity index (χ1) is 10.1. The van der Waals surface area contributed by atoms with Crippen molar-refractivity contribution in [3.05, 3.63) is 46.8 Å². The molecule has 5 nitrogen and oxygen atoms in total. The molecule has 5 heteroatoms. The Labute approximate surface area is 123 Å². The molecule has 1 N–H and O–H groups in total. The van der Waals surface area contributed by atoms with E-state index in [1.165, 1.54) is 0 Å². The highest BCUT2D eigenvalue weighted by atomic mass is 16.4. The van der Waals surface area contributed by atoms with Gasteiger partial charge >= 0.3 is 5.97 Å². The number of aryl methyl sites for hydroxylation is 1. The molecule has 108 valence electrons. The lowest BCUT2D eigenvalue weighted by Gasteiger charge is -2.07. The molecule has 0 bridgehead atoms. The van der Waals surface area contributed by atoms with E-state index in [0.717, 1.165) is 22.6 Å². The van der Waals surface area contributed by atoms with E-state index >= 15 is 0 Å². The first kappa shape index (κ1) is 14.8. The van der Waals surface area contributed by atoms with Crippen molar-refractivity contribution in [2.24, 2.45) is 0 Å². The maximum atomic E-state index is 11.1. The maximum absolute atomic E-state index is 11.1. The number of aromatic nitrogens is 2. The average molecular weight is 283 g/mol. The molecule has 0 spiro atoms. The minimum atomic E-state index is -0.848. The van der Waals surface area contributed by atoms with Gasteiger partial charge in [-0.05, 0) is 37.1 Å². The van der Waals surface area contributed by atoms with Gasteiger partial charge in [0.2, 0.25) is 0 Å². The van der Waals surface area contributed by atoms with E-state index in [2.05, 4.69) is 11.2 Å². The van der Waals surface area contributed by atoms with Gasteiger partial charge in [-0.25, -0.2) is 4.68 Å². The first-order valence-corrected chi connectivity index (χ1v) is 6.92. The molecule has 1 heterocycles. The van der Waals surface area contributed by atoms with Gasteiger partial charge in [-0.2, -0.15) is 10.4 Å². The van der Waals surface area contributed by atoms with Gasteiger partial charge in [0.05, 0.1) is 29.4 Å². The summed E-state index contributed by atoms with van der Waals surface area (Å²) in [4.78, 5) is 11.1. The Morgan fingerprint density at radius 1 is 1.29 bits per heavy atom. The highest BCUT2D eigenvalue weighted by Crippen LogP contribution is 2.21. The first-order valence-electron chi connectivity index (χ1n) is 6.92. The van der Waals surface area contributed by atoms with Gasteiger partial charge < -0.3 is 5.11 Å². The summed E-state index contributed by atoms with van der Waals surface area (Å²) in [7, 11) is 0. The van der Waals surface area contributed by atoms with Crippen molar-refractivity contribution < 1.29 is 9.90 Å². The van der Waals surface area contributed by atoms with Crippen molar-refractivity contribution in [3.8, 4) is 11.8 Å². The molecule has 2 rings (SSSR count). The van der Waals surface area contributed by atoms with Gasteiger partial charge in [-0.15, -0.1) is 0 Å². The van der Waals surface area contributed by atoms with Gasteiger partial charge in [-0.3, -0.25) is 4.79 Å². The van der Waals surface area contributed by atoms with Crippen LogP contribution in [0.25, 0.3) is 5.69 Å². The second-order valence-corrected chi connectivity index (χ2v) is 4.72. The Balaban J connectivity index is 2.54. The quantitative estimate of drug-likeness (QED) is 0.914. The molecule has 2 aromatic rings. The molecule has 21 heavy (non-hydrogen) atoms. The second-order valence-electron chi connectivity index (χ2n) is 4.72. The molecule has 0 amide bonds. The number of hydrogen-bond acceptors (Lipinski definition) is 3. The van der Waals surface area contributed by atoms with Crippen LogP contribution >= 0.6 is 0 Å². The SMILES string of the molecule is CCc1nn(-c2ccc(C#N)cc2)c(CC)c1CC(=O)O. The van der Waals surface area contributed by atoms with Crippen LogP contribution in [0.5, 0.6) is 0 Å². The summed E-state index contributed by atoms with van der Waals surface area (Å²) in [5.74, 6) is -0.848. The van der Waals surface area contributed by atoms with Gasteiger partial charge in [0.25, 0.3) is 0 Å². The van der Waals surface area contributed by atoms with Crippen LogP contribution in [-0.2, 0) is 24.1 Å². The van der Waals surface area contributed by atoms with Gasteiger partial charge in [0.15, 0.2) is 0 Å². The van der Waals surface area contributed by atoms with Crippen molar-refractivity contribution in [3.63, 3.8) is 0 Å². The molecule has 0 atom stereocenters. The largest absolute Gasteiger partial charge is 0.481 e. The standard InChI is InChI=1S/C16H17N3O2/c1-3-14-13(9-16(20)21)15(4-2)19(18-14)12-7-5-11(10-17)6-8-12/h5-8H,3-4,9H2,1-2H3,(H,20,21). The van der Waals surface area contributed by atoms with Crippen molar-refractivity contribution in [2.45, 2.75) is 33.1 Å². The fourth-order valence-electron chi connectivity index (χ4n) is 2.43. The smallest absolute Gasteiger partial charge is 0.307 e. The van der Waals surface area contributed by atoms with E-state index in [9.17, 15) is 4.79 Å². The fraction of sp³-hybridized carbons (Fsp3) is 0.312. The third kappa shape index (κ3) is 2.95. The van der Waals surface area contributed by atoms with Crippen LogP contribution in [0.2, 0.25) is 0 Å². The van der Waals surface area contributed by atoms with Crippen molar-refractivity contribution in [2.75, 3.05) is 0 Å². The van der Waals surface area contributed by atoms with E-state index < -0.39 is 5.97 Å². The summed E-state index contributed by atoms with van der Waals surface area (Å²) in [6.45, 7) is 3.96. The number of nitrogens with zero attached hydrogens (tertiary/aromatic N) is 3. The highest BCUT2D eigenvalue weighted by molar-refractivity contribution is 5.71. The molecule has 0 aliphatic carbocycles. The molecule has 0 aliphatic rings. The summed E-state index contributed by atoms with van der Waals surface area (Å²) in [6, 6.07) is 9.21. The number of carboxylic acids is 1. The number of nitriles is 1. The minimum Gasteiger partial charge on any atom is -0.481 e. The number of rotatable bonds is 5. The van der Waals surface area contributed by atoms with Crippen LogP contribution in [0.3, 0.4) is 0 Å². The van der Waals surface area contributed by atoms with Crippen molar-refractivity contribution in [1.82, 2.24) is 9.78 Å². The zero-order valence-electron chi connectivity index (χ0n) is 12.1. The monoisotopic (exact) mass is 283 g/mol. The van der Waals surface area contributed by atoms with Crippen LogP contribution in [0.1, 0.15) is 36.4 Å². The minimum absolute atomic E-state index is 0.0113. The third-order valence-corrected chi connectivity index (χ3v) is 3.41. The van der Waals surface area contributed by atoms with Crippen LogP contribution in [0.15, 0.2) is 24.3 Å². The lowest BCUT2D eigenvalue weighted by molar-refractivity contribution is -0.136. The molecule has 0 radical (unpaired) electrons. The molecular formula is C16H17N3O2. The number of hydrogen-bond donors (Lipinski definition) is 1. The Hall–Kier alpha value is -2.61. The van der Waals surface area contributed by atoms with Crippen LogP contribution in [0, 0.1) is 11.3 Å². The summed E-state index contributed by atoms with van der Waals surface area (Å²) in [5.41, 5.74) is 3.97. The predicted molar refractivity (Wildman–Crippen MR) is 78.4 cm³/mol. The zero-order chi connectivity index (χ0) is 15.4. The molecule has 0 saturated carbocycles. The predicted octanol–water partition coefficient (Wildman–Crippen LogP) is 2.50. The van der Waals surface area contributed by atoms with E-state index in [1.807, 2.05) is 26.0 Å². The summed E-state index contributed by atoms with van der Waals surface area (Å²) in [5, 5.41) is 22.5. The number of benzene rings is 1. The molecule has 0 saturated heterocycles. The van der Waals surface area contributed by atoms with Crippen LogP contribution < -0.4 is 0 Å². The second kappa shape index (κ2) is 6.23. The molecule has 1 aromatic heterocycles. The van der Waals surface area contributed by atoms with E-state index in [4.69, 9.17) is 10.4 Å². The van der Waals surface area contributed by atoms with E-state index in [-0.39, 0.29) is 6.42 Å². The Morgan fingerprint density at radius 3 is 2.43 bits per heavy atom. The number of aliphatic carboxylic acids is 1. The molecule has 1 aromatic carbocycles.